The van der Waals surface area contributed by atoms with Crippen molar-refractivity contribution >= 4 is 5.91 Å². The summed E-state index contributed by atoms with van der Waals surface area (Å²) in [5.41, 5.74) is 0.910. The van der Waals surface area contributed by atoms with Crippen LogP contribution in [0.15, 0.2) is 49.6 Å². The Morgan fingerprint density at radius 1 is 1.25 bits per heavy atom. The maximum Gasteiger partial charge on any atom is 0.260 e. The lowest BCUT2D eigenvalue weighted by atomic mass is 9.94. The quantitative estimate of drug-likeness (QED) is 0.384. The van der Waals surface area contributed by atoms with Crippen LogP contribution in [-0.4, -0.2) is 68.6 Å². The number of rotatable bonds is 11. The van der Waals surface area contributed by atoms with Gasteiger partial charge in [0.1, 0.15) is 5.75 Å². The zero-order valence-corrected chi connectivity index (χ0v) is 19.3. The fourth-order valence-electron chi connectivity index (χ4n) is 4.67. The zero-order chi connectivity index (χ0) is 23.0. The molecule has 1 amide bonds. The molecule has 2 heterocycles. The minimum Gasteiger partial charge on any atom is -0.497 e. The summed E-state index contributed by atoms with van der Waals surface area (Å²) in [5, 5.41) is 3.96. The third-order valence-electron chi connectivity index (χ3n) is 6.16. The SMILES string of the molecule is C=CC[C@H](CC1(c2ccc(OC)cc2)OCCCO1)N(C(=O)C=C)N1CCC[C@H]1COC. The molecule has 0 bridgehead atoms. The maximum absolute atomic E-state index is 13.1. The highest BCUT2D eigenvalue weighted by Crippen LogP contribution is 2.39. The predicted molar refractivity (Wildman–Crippen MR) is 123 cm³/mol. The summed E-state index contributed by atoms with van der Waals surface area (Å²) < 4.78 is 23.3. The van der Waals surface area contributed by atoms with Crippen molar-refractivity contribution in [2.24, 2.45) is 0 Å². The Labute approximate surface area is 191 Å². The Kier molecular flexibility index (Phi) is 8.87. The van der Waals surface area contributed by atoms with E-state index in [1.54, 1.807) is 14.2 Å². The molecular formula is C25H36N2O5. The molecule has 0 aliphatic carbocycles. The van der Waals surface area contributed by atoms with E-state index in [1.807, 2.05) is 35.4 Å². The molecule has 2 aliphatic heterocycles. The van der Waals surface area contributed by atoms with Gasteiger partial charge in [-0.15, -0.1) is 6.58 Å². The minimum absolute atomic E-state index is 0.138. The maximum atomic E-state index is 13.1. The Hall–Kier alpha value is -2.19. The van der Waals surface area contributed by atoms with E-state index in [1.165, 1.54) is 6.08 Å². The lowest BCUT2D eigenvalue weighted by Gasteiger charge is -2.45. The third kappa shape index (κ3) is 5.41. The summed E-state index contributed by atoms with van der Waals surface area (Å²) in [4.78, 5) is 13.1. The van der Waals surface area contributed by atoms with Crippen molar-refractivity contribution in [3.05, 3.63) is 55.1 Å². The molecule has 1 aromatic carbocycles. The van der Waals surface area contributed by atoms with Crippen molar-refractivity contribution in [2.75, 3.05) is 40.6 Å². The van der Waals surface area contributed by atoms with Crippen molar-refractivity contribution in [3.63, 3.8) is 0 Å². The summed E-state index contributed by atoms with van der Waals surface area (Å²) in [7, 11) is 3.34. The standard InChI is InChI=1S/C25H36N2O5/c1-5-9-21(27(24(28)6-2)26-15-7-10-22(26)19-29-3)18-25(31-16-8-17-32-25)20-11-13-23(30-4)14-12-20/h5-6,11-14,21-22H,1-2,7-10,15-19H2,3-4H3/t21-,22+/m1/s1. The first-order valence-electron chi connectivity index (χ1n) is 11.3. The van der Waals surface area contributed by atoms with E-state index in [0.29, 0.717) is 32.7 Å². The van der Waals surface area contributed by atoms with Crippen LogP contribution >= 0.6 is 0 Å². The molecule has 0 unspecified atom stereocenters. The van der Waals surface area contributed by atoms with E-state index in [2.05, 4.69) is 18.2 Å². The van der Waals surface area contributed by atoms with Gasteiger partial charge in [0.15, 0.2) is 5.79 Å². The van der Waals surface area contributed by atoms with Crippen LogP contribution in [0.3, 0.4) is 0 Å². The number of hydrogen-bond acceptors (Lipinski definition) is 6. The molecule has 176 valence electrons. The topological polar surface area (TPSA) is 60.5 Å². The molecular weight excluding hydrogens is 408 g/mol. The largest absolute Gasteiger partial charge is 0.497 e. The van der Waals surface area contributed by atoms with Gasteiger partial charge < -0.3 is 18.9 Å². The monoisotopic (exact) mass is 444 g/mol. The molecule has 0 spiro atoms. The second-order valence-corrected chi connectivity index (χ2v) is 8.22. The summed E-state index contributed by atoms with van der Waals surface area (Å²) in [5.74, 6) is -0.320. The molecule has 2 fully saturated rings. The van der Waals surface area contributed by atoms with Crippen LogP contribution < -0.4 is 4.74 Å². The average molecular weight is 445 g/mol. The first kappa shape index (κ1) is 24.5. The third-order valence-corrected chi connectivity index (χ3v) is 6.16. The van der Waals surface area contributed by atoms with Crippen molar-refractivity contribution in [2.45, 2.75) is 50.0 Å². The van der Waals surface area contributed by atoms with E-state index in [-0.39, 0.29) is 18.0 Å². The molecule has 3 rings (SSSR count). The van der Waals surface area contributed by atoms with Gasteiger partial charge in [0.05, 0.1) is 39.0 Å². The molecule has 1 aromatic rings. The summed E-state index contributed by atoms with van der Waals surface area (Å²) in [6.07, 6.45) is 7.11. The number of carbonyl (C=O) groups is 1. The van der Waals surface area contributed by atoms with E-state index in [4.69, 9.17) is 18.9 Å². The van der Waals surface area contributed by atoms with E-state index in [0.717, 1.165) is 37.1 Å². The van der Waals surface area contributed by atoms with Crippen LogP contribution in [0, 0.1) is 0 Å². The van der Waals surface area contributed by atoms with Crippen LogP contribution in [0.25, 0.3) is 0 Å². The van der Waals surface area contributed by atoms with Gasteiger partial charge in [-0.05, 0) is 56.0 Å². The Morgan fingerprint density at radius 2 is 1.97 bits per heavy atom. The number of nitrogens with zero attached hydrogens (tertiary/aromatic N) is 2. The van der Waals surface area contributed by atoms with Gasteiger partial charge in [-0.2, -0.15) is 0 Å². The molecule has 2 atom stereocenters. The Bertz CT molecular complexity index is 760. The van der Waals surface area contributed by atoms with Crippen molar-refractivity contribution in [1.82, 2.24) is 10.0 Å². The highest BCUT2D eigenvalue weighted by Gasteiger charge is 2.43. The second-order valence-electron chi connectivity index (χ2n) is 8.22. The fraction of sp³-hybridized carbons (Fsp3) is 0.560. The number of amides is 1. The van der Waals surface area contributed by atoms with Crippen LogP contribution in [-0.2, 0) is 24.8 Å². The van der Waals surface area contributed by atoms with Crippen LogP contribution in [0.2, 0.25) is 0 Å². The predicted octanol–water partition coefficient (Wildman–Crippen LogP) is 3.66. The zero-order valence-electron chi connectivity index (χ0n) is 19.3. The molecule has 0 saturated carbocycles. The molecule has 7 heteroatoms. The van der Waals surface area contributed by atoms with Crippen LogP contribution in [0.4, 0.5) is 0 Å². The van der Waals surface area contributed by atoms with Gasteiger partial charge in [-0.1, -0.05) is 12.7 Å². The number of methoxy groups -OCH3 is 2. The Balaban J connectivity index is 1.96. The van der Waals surface area contributed by atoms with E-state index < -0.39 is 5.79 Å². The number of benzene rings is 1. The van der Waals surface area contributed by atoms with Crippen molar-refractivity contribution in [1.29, 1.82) is 0 Å². The van der Waals surface area contributed by atoms with Gasteiger partial charge in [0, 0.05) is 25.6 Å². The lowest BCUT2D eigenvalue weighted by molar-refractivity contribution is -0.288. The van der Waals surface area contributed by atoms with Crippen molar-refractivity contribution < 1.29 is 23.7 Å². The molecule has 0 N–H and O–H groups in total. The average Bonchev–Trinajstić information content (AvgIpc) is 3.27. The molecule has 2 aliphatic rings. The number of carbonyl (C=O) groups excluding carboxylic acids is 1. The molecule has 7 nitrogen and oxygen atoms in total. The smallest absolute Gasteiger partial charge is 0.260 e. The summed E-state index contributed by atoms with van der Waals surface area (Å²) >= 11 is 0. The van der Waals surface area contributed by atoms with Gasteiger partial charge in [-0.3, -0.25) is 9.80 Å². The summed E-state index contributed by atoms with van der Waals surface area (Å²) in [6.45, 7) is 10.3. The first-order chi connectivity index (χ1) is 15.6. The molecule has 32 heavy (non-hydrogen) atoms. The number of ether oxygens (including phenoxy) is 4. The van der Waals surface area contributed by atoms with E-state index in [9.17, 15) is 4.79 Å². The lowest BCUT2D eigenvalue weighted by Crippen LogP contribution is -2.56. The molecule has 0 aromatic heterocycles. The first-order valence-corrected chi connectivity index (χ1v) is 11.3. The van der Waals surface area contributed by atoms with Crippen LogP contribution in [0.1, 0.15) is 37.7 Å². The Morgan fingerprint density at radius 3 is 2.56 bits per heavy atom. The van der Waals surface area contributed by atoms with Gasteiger partial charge in [0.2, 0.25) is 0 Å². The normalized spacial score (nSPS) is 21.6. The number of hydrazine groups is 1. The minimum atomic E-state index is -0.950. The highest BCUT2D eigenvalue weighted by atomic mass is 16.7. The second kappa shape index (κ2) is 11.6. The van der Waals surface area contributed by atoms with Crippen molar-refractivity contribution in [3.8, 4) is 5.75 Å². The van der Waals surface area contributed by atoms with E-state index >= 15 is 0 Å². The highest BCUT2D eigenvalue weighted by molar-refractivity contribution is 5.87. The molecule has 0 radical (unpaired) electrons. The van der Waals surface area contributed by atoms with Gasteiger partial charge >= 0.3 is 0 Å². The van der Waals surface area contributed by atoms with Gasteiger partial charge in [-0.25, -0.2) is 5.01 Å². The fourth-order valence-corrected chi connectivity index (χ4v) is 4.67. The van der Waals surface area contributed by atoms with Gasteiger partial charge in [0.25, 0.3) is 5.91 Å². The number of hydrogen-bond donors (Lipinski definition) is 0. The van der Waals surface area contributed by atoms with Crippen LogP contribution in [0.5, 0.6) is 5.75 Å². The molecule has 2 saturated heterocycles. The summed E-state index contributed by atoms with van der Waals surface area (Å²) in [6, 6.07) is 7.68.